The molecular weight excluding hydrogens is 472 g/mol. The lowest BCUT2D eigenvalue weighted by Gasteiger charge is -2.36. The van der Waals surface area contributed by atoms with Crippen LogP contribution in [0.4, 0.5) is 0 Å². The molecule has 2 aromatic rings. The monoisotopic (exact) mass is 504 g/mol. The molecular formula is C26H33ClN2O4S. The van der Waals surface area contributed by atoms with E-state index in [0.29, 0.717) is 17.2 Å². The number of rotatable bonds is 11. The Kier molecular flexibility index (Phi) is 9.71. The minimum absolute atomic E-state index is 0.0673. The van der Waals surface area contributed by atoms with Gasteiger partial charge in [-0.3, -0.25) is 4.79 Å². The van der Waals surface area contributed by atoms with Gasteiger partial charge in [0.05, 0.1) is 12.4 Å². The van der Waals surface area contributed by atoms with Crippen molar-refractivity contribution in [2.24, 2.45) is 0 Å². The van der Waals surface area contributed by atoms with E-state index in [1.807, 2.05) is 24.3 Å². The molecule has 1 heterocycles. The van der Waals surface area contributed by atoms with Crippen LogP contribution >= 0.6 is 11.6 Å². The molecule has 1 aliphatic heterocycles. The van der Waals surface area contributed by atoms with Crippen molar-refractivity contribution in [3.05, 3.63) is 70.8 Å². The molecule has 0 spiro atoms. The van der Waals surface area contributed by atoms with Gasteiger partial charge in [0.25, 0.3) is 0 Å². The topological polar surface area (TPSA) is 66.9 Å². The van der Waals surface area contributed by atoms with Crippen molar-refractivity contribution < 1.29 is 17.9 Å². The van der Waals surface area contributed by atoms with Gasteiger partial charge < -0.3 is 9.64 Å². The first-order valence-corrected chi connectivity index (χ1v) is 13.7. The first-order valence-electron chi connectivity index (χ1n) is 11.7. The zero-order valence-electron chi connectivity index (χ0n) is 19.8. The third kappa shape index (κ3) is 7.67. The molecule has 184 valence electrons. The van der Waals surface area contributed by atoms with Gasteiger partial charge in [0.15, 0.2) is 5.78 Å². The first kappa shape index (κ1) is 26.4. The molecule has 0 unspecified atom stereocenters. The molecule has 34 heavy (non-hydrogen) atoms. The molecule has 8 heteroatoms. The number of carbonyl (C=O) groups is 1. The fraction of sp³-hybridized carbons (Fsp3) is 0.423. The van der Waals surface area contributed by atoms with E-state index in [2.05, 4.69) is 4.90 Å². The van der Waals surface area contributed by atoms with E-state index in [4.69, 9.17) is 16.3 Å². The maximum atomic E-state index is 12.4. The second-order valence-corrected chi connectivity index (χ2v) is 11.2. The van der Waals surface area contributed by atoms with Gasteiger partial charge in [-0.2, -0.15) is 0 Å². The van der Waals surface area contributed by atoms with Crippen molar-refractivity contribution in [2.75, 3.05) is 39.0 Å². The number of halogens is 1. The summed E-state index contributed by atoms with van der Waals surface area (Å²) in [5.41, 5.74) is 1.52. The zero-order chi connectivity index (χ0) is 24.6. The van der Waals surface area contributed by atoms with Crippen LogP contribution in [-0.2, 0) is 10.0 Å². The minimum atomic E-state index is -3.13. The van der Waals surface area contributed by atoms with Crippen LogP contribution in [0.1, 0.15) is 42.1 Å². The molecule has 0 saturated carbocycles. The Hall–Kier alpha value is -2.19. The van der Waals surface area contributed by atoms with Crippen LogP contribution in [0.2, 0.25) is 5.02 Å². The highest BCUT2D eigenvalue weighted by molar-refractivity contribution is 7.89. The molecule has 0 N–H and O–H groups in total. The highest BCUT2D eigenvalue weighted by Crippen LogP contribution is 2.19. The lowest BCUT2D eigenvalue weighted by atomic mass is 10.1. The number of sulfonamides is 1. The lowest BCUT2D eigenvalue weighted by Crippen LogP contribution is -2.46. The molecule has 0 radical (unpaired) electrons. The number of allylic oxidation sites excluding steroid dienone is 1. The second kappa shape index (κ2) is 12.5. The summed E-state index contributed by atoms with van der Waals surface area (Å²) in [5, 5.41) is 0.663. The lowest BCUT2D eigenvalue weighted by molar-refractivity contribution is 0.104. The van der Waals surface area contributed by atoms with E-state index in [-0.39, 0.29) is 17.6 Å². The largest absolute Gasteiger partial charge is 0.494 e. The molecule has 0 atom stereocenters. The van der Waals surface area contributed by atoms with Crippen LogP contribution < -0.4 is 4.74 Å². The summed E-state index contributed by atoms with van der Waals surface area (Å²) in [6, 6.07) is 14.6. The maximum Gasteiger partial charge on any atom is 0.213 e. The number of benzene rings is 2. The van der Waals surface area contributed by atoms with E-state index in [9.17, 15) is 13.2 Å². The Bertz CT molecular complexity index is 1060. The molecule has 0 bridgehead atoms. The summed E-state index contributed by atoms with van der Waals surface area (Å²) < 4.78 is 31.5. The Morgan fingerprint density at radius 3 is 2.38 bits per heavy atom. The van der Waals surface area contributed by atoms with Gasteiger partial charge in [-0.25, -0.2) is 12.7 Å². The molecule has 2 aromatic carbocycles. The van der Waals surface area contributed by atoms with Crippen LogP contribution in [0.25, 0.3) is 6.08 Å². The van der Waals surface area contributed by atoms with Crippen molar-refractivity contribution in [3.63, 3.8) is 0 Å². The van der Waals surface area contributed by atoms with E-state index < -0.39 is 10.0 Å². The molecule has 0 aromatic heterocycles. The summed E-state index contributed by atoms with van der Waals surface area (Å²) in [5.74, 6) is 0.821. The number of ether oxygens (including phenoxy) is 1. The molecule has 1 aliphatic rings. The Morgan fingerprint density at radius 1 is 1.12 bits per heavy atom. The standard InChI is InChI=1S/C26H33ClN2O4S/c1-3-34(31,32)28(2)24-15-18-29(19-16-24)17-4-20-33-25-12-8-22(9-13-25)26(30)14-7-21-5-10-23(27)11-6-21/h5-14,24H,3-4,15-20H2,1-2H3. The van der Waals surface area contributed by atoms with Crippen molar-refractivity contribution in [3.8, 4) is 5.75 Å². The predicted molar refractivity (Wildman–Crippen MR) is 138 cm³/mol. The average Bonchev–Trinajstić information content (AvgIpc) is 2.86. The number of hydrogen-bond donors (Lipinski definition) is 0. The van der Waals surface area contributed by atoms with Gasteiger partial charge in [-0.05, 0) is 87.3 Å². The fourth-order valence-corrected chi connectivity index (χ4v) is 5.17. The Labute approximate surface area is 208 Å². The Morgan fingerprint density at radius 2 is 1.76 bits per heavy atom. The number of nitrogens with zero attached hydrogens (tertiary/aromatic N) is 2. The van der Waals surface area contributed by atoms with Gasteiger partial charge in [0, 0.05) is 30.2 Å². The molecule has 1 fully saturated rings. The van der Waals surface area contributed by atoms with E-state index in [0.717, 1.165) is 50.2 Å². The molecule has 1 saturated heterocycles. The summed E-state index contributed by atoms with van der Waals surface area (Å²) in [4.78, 5) is 14.7. The second-order valence-electron chi connectivity index (χ2n) is 8.47. The SMILES string of the molecule is CCS(=O)(=O)N(C)C1CCN(CCCOc2ccc(C(=O)C=Cc3ccc(Cl)cc3)cc2)CC1. The molecule has 0 amide bonds. The third-order valence-corrected chi connectivity index (χ3v) is 8.36. The number of hydrogen-bond acceptors (Lipinski definition) is 5. The van der Waals surface area contributed by atoms with Gasteiger partial charge in [-0.15, -0.1) is 0 Å². The van der Waals surface area contributed by atoms with Crippen LogP contribution in [0, 0.1) is 0 Å². The van der Waals surface area contributed by atoms with Crippen LogP contribution in [0.15, 0.2) is 54.6 Å². The summed E-state index contributed by atoms with van der Waals surface area (Å²) in [6.45, 7) is 4.99. The highest BCUT2D eigenvalue weighted by Gasteiger charge is 2.28. The number of carbonyl (C=O) groups excluding carboxylic acids is 1. The number of piperidine rings is 1. The summed E-state index contributed by atoms with van der Waals surface area (Å²) >= 11 is 5.88. The number of ketones is 1. The van der Waals surface area contributed by atoms with Gasteiger partial charge >= 0.3 is 0 Å². The van der Waals surface area contributed by atoms with Gasteiger partial charge in [0.2, 0.25) is 10.0 Å². The van der Waals surface area contributed by atoms with Crippen LogP contribution in [0.3, 0.4) is 0 Å². The predicted octanol–water partition coefficient (Wildman–Crippen LogP) is 4.75. The van der Waals surface area contributed by atoms with Crippen LogP contribution in [-0.4, -0.2) is 68.5 Å². The summed E-state index contributed by atoms with van der Waals surface area (Å²) in [7, 11) is -1.43. The van der Waals surface area contributed by atoms with Crippen LogP contribution in [0.5, 0.6) is 5.75 Å². The van der Waals surface area contributed by atoms with Crippen molar-refractivity contribution in [1.82, 2.24) is 9.21 Å². The molecule has 6 nitrogen and oxygen atoms in total. The highest BCUT2D eigenvalue weighted by atomic mass is 35.5. The van der Waals surface area contributed by atoms with Crippen molar-refractivity contribution in [1.29, 1.82) is 0 Å². The Balaban J connectivity index is 1.37. The third-order valence-electron chi connectivity index (χ3n) is 6.20. The maximum absolute atomic E-state index is 12.4. The average molecular weight is 505 g/mol. The number of likely N-dealkylation sites (tertiary alicyclic amines) is 1. The van der Waals surface area contributed by atoms with Gasteiger partial charge in [-0.1, -0.05) is 29.8 Å². The zero-order valence-corrected chi connectivity index (χ0v) is 21.4. The molecule has 0 aliphatic carbocycles. The van der Waals surface area contributed by atoms with Crippen molar-refractivity contribution in [2.45, 2.75) is 32.2 Å². The van der Waals surface area contributed by atoms with E-state index in [1.165, 1.54) is 0 Å². The minimum Gasteiger partial charge on any atom is -0.494 e. The summed E-state index contributed by atoms with van der Waals surface area (Å²) in [6.07, 6.45) is 5.93. The first-order chi connectivity index (χ1) is 16.3. The van der Waals surface area contributed by atoms with E-state index >= 15 is 0 Å². The normalized spacial score (nSPS) is 15.8. The molecule has 3 rings (SSSR count). The quantitative estimate of drug-likeness (QED) is 0.251. The van der Waals surface area contributed by atoms with Crippen molar-refractivity contribution >= 4 is 33.5 Å². The van der Waals surface area contributed by atoms with Gasteiger partial charge in [0.1, 0.15) is 5.75 Å². The van der Waals surface area contributed by atoms with E-state index in [1.54, 1.807) is 54.7 Å². The smallest absolute Gasteiger partial charge is 0.213 e. The fourth-order valence-electron chi connectivity index (χ4n) is 3.97.